The number of halogens is 2. The van der Waals surface area contributed by atoms with Crippen molar-refractivity contribution in [3.05, 3.63) is 28.8 Å². The molecule has 1 atom stereocenters. The lowest BCUT2D eigenvalue weighted by atomic mass is 10.0. The molecule has 1 aromatic carbocycles. The summed E-state index contributed by atoms with van der Waals surface area (Å²) < 4.78 is 33.9. The molecule has 1 amide bonds. The summed E-state index contributed by atoms with van der Waals surface area (Å²) >= 11 is 0. The molecule has 0 heterocycles. The molecule has 0 saturated heterocycles. The third-order valence-corrected chi connectivity index (χ3v) is 3.22. The molecule has 128 valence electrons. The van der Waals surface area contributed by atoms with Gasteiger partial charge in [0.1, 0.15) is 5.75 Å². The van der Waals surface area contributed by atoms with Gasteiger partial charge >= 0.3 is 12.6 Å². The minimum Gasteiger partial charge on any atom is -0.479 e. The standard InChI is InChI=1S/C15H19F2NO5/c1-8-5-10(6-9(2)11(8)23-14(16)17)12(19)18-15(3,7-22-4)13(20)21/h5-6,14H,7H2,1-4H3,(H,18,19)(H,20,21). The summed E-state index contributed by atoms with van der Waals surface area (Å²) in [6.07, 6.45) is 0. The number of carbonyl (C=O) groups excluding carboxylic acids is 1. The number of hydrogen-bond acceptors (Lipinski definition) is 4. The first-order valence-corrected chi connectivity index (χ1v) is 6.71. The van der Waals surface area contributed by atoms with Gasteiger partial charge in [-0.1, -0.05) is 0 Å². The molecule has 0 saturated carbocycles. The highest BCUT2D eigenvalue weighted by Gasteiger charge is 2.35. The maximum absolute atomic E-state index is 12.4. The molecule has 0 aliphatic rings. The van der Waals surface area contributed by atoms with Crippen molar-refractivity contribution in [1.29, 1.82) is 0 Å². The van der Waals surface area contributed by atoms with Gasteiger partial charge in [-0.3, -0.25) is 4.79 Å². The van der Waals surface area contributed by atoms with Crippen LogP contribution in [0.3, 0.4) is 0 Å². The van der Waals surface area contributed by atoms with Crippen molar-refractivity contribution in [2.75, 3.05) is 13.7 Å². The van der Waals surface area contributed by atoms with Gasteiger partial charge in [-0.15, -0.1) is 0 Å². The lowest BCUT2D eigenvalue weighted by Crippen LogP contribution is -2.55. The fourth-order valence-corrected chi connectivity index (χ4v) is 2.12. The Labute approximate surface area is 132 Å². The van der Waals surface area contributed by atoms with Crippen molar-refractivity contribution < 1.29 is 33.0 Å². The fourth-order valence-electron chi connectivity index (χ4n) is 2.12. The van der Waals surface area contributed by atoms with Crippen molar-refractivity contribution in [2.24, 2.45) is 0 Å². The maximum Gasteiger partial charge on any atom is 0.387 e. The zero-order valence-electron chi connectivity index (χ0n) is 13.3. The van der Waals surface area contributed by atoms with E-state index >= 15 is 0 Å². The average Bonchev–Trinajstić information content (AvgIpc) is 2.42. The van der Waals surface area contributed by atoms with Crippen LogP contribution < -0.4 is 10.1 Å². The molecule has 6 nitrogen and oxygen atoms in total. The molecule has 0 fully saturated rings. The second-order valence-corrected chi connectivity index (χ2v) is 5.34. The minimum absolute atomic E-state index is 0.00515. The van der Waals surface area contributed by atoms with Crippen LogP contribution in [0.5, 0.6) is 5.75 Å². The van der Waals surface area contributed by atoms with Crippen molar-refractivity contribution in [3.8, 4) is 5.75 Å². The normalized spacial score (nSPS) is 13.5. The summed E-state index contributed by atoms with van der Waals surface area (Å²) in [5, 5.41) is 11.6. The maximum atomic E-state index is 12.4. The Morgan fingerprint density at radius 1 is 1.30 bits per heavy atom. The van der Waals surface area contributed by atoms with E-state index in [-0.39, 0.29) is 17.9 Å². The fraction of sp³-hybridized carbons (Fsp3) is 0.467. The Bertz CT molecular complexity index is 583. The SMILES string of the molecule is COCC(C)(NC(=O)c1cc(C)c(OC(F)F)c(C)c1)C(=O)O. The first-order chi connectivity index (χ1) is 10.6. The first-order valence-electron chi connectivity index (χ1n) is 6.71. The highest BCUT2D eigenvalue weighted by atomic mass is 19.3. The molecule has 0 radical (unpaired) electrons. The quantitative estimate of drug-likeness (QED) is 0.799. The summed E-state index contributed by atoms with van der Waals surface area (Å²) in [5.74, 6) is -1.91. The number of ether oxygens (including phenoxy) is 2. The summed E-state index contributed by atoms with van der Waals surface area (Å²) in [6.45, 7) is 1.16. The number of carboxylic acid groups (broad SMARTS) is 1. The number of rotatable bonds is 7. The molecule has 1 rings (SSSR count). The zero-order chi connectivity index (χ0) is 17.8. The number of hydrogen-bond donors (Lipinski definition) is 2. The van der Waals surface area contributed by atoms with E-state index in [1.54, 1.807) is 0 Å². The topological polar surface area (TPSA) is 84.9 Å². The van der Waals surface area contributed by atoms with Crippen LogP contribution in [0.1, 0.15) is 28.4 Å². The van der Waals surface area contributed by atoms with E-state index in [4.69, 9.17) is 4.74 Å². The van der Waals surface area contributed by atoms with Gasteiger partial charge in [0.25, 0.3) is 5.91 Å². The van der Waals surface area contributed by atoms with Crippen molar-refractivity contribution in [1.82, 2.24) is 5.32 Å². The number of amides is 1. The number of alkyl halides is 2. The molecule has 0 spiro atoms. The van der Waals surface area contributed by atoms with Crippen molar-refractivity contribution in [3.63, 3.8) is 0 Å². The monoisotopic (exact) mass is 331 g/mol. The van der Waals surface area contributed by atoms with Crippen LogP contribution in [0.15, 0.2) is 12.1 Å². The Morgan fingerprint density at radius 3 is 2.22 bits per heavy atom. The summed E-state index contributed by atoms with van der Waals surface area (Å²) in [7, 11) is 1.32. The van der Waals surface area contributed by atoms with Gasteiger partial charge in [-0.05, 0) is 44.0 Å². The number of benzene rings is 1. The summed E-state index contributed by atoms with van der Waals surface area (Å²) in [4.78, 5) is 23.5. The largest absolute Gasteiger partial charge is 0.479 e. The molecule has 1 unspecified atom stereocenters. The van der Waals surface area contributed by atoms with Crippen LogP contribution in [-0.4, -0.2) is 42.9 Å². The lowest BCUT2D eigenvalue weighted by Gasteiger charge is -2.25. The zero-order valence-corrected chi connectivity index (χ0v) is 13.3. The van der Waals surface area contributed by atoms with Crippen LogP contribution in [0.4, 0.5) is 8.78 Å². The third-order valence-electron chi connectivity index (χ3n) is 3.22. The molecule has 8 heteroatoms. The number of aliphatic carboxylic acids is 1. The lowest BCUT2D eigenvalue weighted by molar-refractivity contribution is -0.145. The van der Waals surface area contributed by atoms with E-state index in [2.05, 4.69) is 10.1 Å². The van der Waals surface area contributed by atoms with Gasteiger partial charge in [0.15, 0.2) is 5.54 Å². The van der Waals surface area contributed by atoms with Gasteiger partial charge in [0, 0.05) is 12.7 Å². The van der Waals surface area contributed by atoms with Crippen LogP contribution in [0.25, 0.3) is 0 Å². The van der Waals surface area contributed by atoms with Gasteiger partial charge in [-0.2, -0.15) is 8.78 Å². The van der Waals surface area contributed by atoms with Gasteiger partial charge in [-0.25, -0.2) is 4.79 Å². The van der Waals surface area contributed by atoms with Crippen molar-refractivity contribution in [2.45, 2.75) is 32.9 Å². The highest BCUT2D eigenvalue weighted by Crippen LogP contribution is 2.26. The Kier molecular flexibility index (Phi) is 6.03. The molecular weight excluding hydrogens is 312 g/mol. The predicted octanol–water partition coefficient (Wildman–Crippen LogP) is 2.12. The van der Waals surface area contributed by atoms with Gasteiger partial charge in [0.05, 0.1) is 6.61 Å². The molecule has 1 aromatic rings. The van der Waals surface area contributed by atoms with E-state index in [0.717, 1.165) is 0 Å². The second-order valence-electron chi connectivity index (χ2n) is 5.34. The van der Waals surface area contributed by atoms with E-state index in [9.17, 15) is 23.5 Å². The third kappa shape index (κ3) is 4.62. The molecule has 0 aliphatic carbocycles. The number of methoxy groups -OCH3 is 1. The van der Waals surface area contributed by atoms with Crippen LogP contribution >= 0.6 is 0 Å². The van der Waals surface area contributed by atoms with Crippen LogP contribution in [0, 0.1) is 13.8 Å². The van der Waals surface area contributed by atoms with Crippen LogP contribution in [0.2, 0.25) is 0 Å². The molecule has 0 bridgehead atoms. The molecular formula is C15H19F2NO5. The average molecular weight is 331 g/mol. The molecule has 2 N–H and O–H groups in total. The highest BCUT2D eigenvalue weighted by molar-refractivity contribution is 5.98. The van der Waals surface area contributed by atoms with Crippen molar-refractivity contribution >= 4 is 11.9 Å². The Balaban J connectivity index is 3.07. The number of carboxylic acids is 1. The number of carbonyl (C=O) groups is 2. The molecule has 0 aromatic heterocycles. The van der Waals surface area contributed by atoms with Gasteiger partial charge in [0.2, 0.25) is 0 Å². The molecule has 23 heavy (non-hydrogen) atoms. The van der Waals surface area contributed by atoms with Crippen LogP contribution in [-0.2, 0) is 9.53 Å². The van der Waals surface area contributed by atoms with E-state index in [1.807, 2.05) is 0 Å². The van der Waals surface area contributed by atoms with E-state index < -0.39 is 24.0 Å². The first kappa shape index (κ1) is 18.8. The van der Waals surface area contributed by atoms with E-state index in [0.29, 0.717) is 11.1 Å². The Hall–Kier alpha value is -2.22. The minimum atomic E-state index is -2.97. The summed E-state index contributed by atoms with van der Waals surface area (Å²) in [5.41, 5.74) is -0.769. The predicted molar refractivity (Wildman–Crippen MR) is 77.9 cm³/mol. The Morgan fingerprint density at radius 2 is 1.83 bits per heavy atom. The smallest absolute Gasteiger partial charge is 0.387 e. The van der Waals surface area contributed by atoms with E-state index in [1.165, 1.54) is 40.0 Å². The molecule has 0 aliphatic heterocycles. The van der Waals surface area contributed by atoms with Gasteiger partial charge < -0.3 is 19.9 Å². The number of nitrogens with one attached hydrogen (secondary N) is 1. The summed E-state index contributed by atoms with van der Waals surface area (Å²) in [6, 6.07) is 2.71. The number of aryl methyl sites for hydroxylation is 2. The second kappa shape index (κ2) is 7.36.